The second kappa shape index (κ2) is 5.84. The highest BCUT2D eigenvalue weighted by Gasteiger charge is 1.79. The zero-order valence-corrected chi connectivity index (χ0v) is 6.39. The number of hydrogen-bond donors (Lipinski definition) is 0. The zero-order chi connectivity index (χ0) is 7.82. The van der Waals surface area contributed by atoms with E-state index < -0.39 is 0 Å². The third kappa shape index (κ3) is 3.68. The van der Waals surface area contributed by atoms with E-state index in [4.69, 9.17) is 0 Å². The Morgan fingerprint density at radius 3 is 2.70 bits per heavy atom. The van der Waals surface area contributed by atoms with E-state index in [-0.39, 0.29) is 0 Å². The number of hydrogen-bond acceptors (Lipinski definition) is 1. The van der Waals surface area contributed by atoms with Crippen LogP contribution in [0.25, 0.3) is 0 Å². The summed E-state index contributed by atoms with van der Waals surface area (Å²) < 4.78 is 0. The fourth-order valence-electron chi connectivity index (χ4n) is 0.539. The van der Waals surface area contributed by atoms with Crippen molar-refractivity contribution in [2.75, 3.05) is 0 Å². The molecule has 0 saturated heterocycles. The Hall–Kier alpha value is -1.29. The van der Waals surface area contributed by atoms with Crippen molar-refractivity contribution in [3.63, 3.8) is 0 Å². The molecule has 0 amide bonds. The fraction of sp³-hybridized carbons (Fsp3) is 0.222. The summed E-state index contributed by atoms with van der Waals surface area (Å²) in [6.07, 6.45) is 5.45. The lowest BCUT2D eigenvalue weighted by Gasteiger charge is -1.83. The van der Waals surface area contributed by atoms with E-state index in [1.165, 1.54) is 0 Å². The summed E-state index contributed by atoms with van der Waals surface area (Å²) in [5, 5.41) is 0. The van der Waals surface area contributed by atoms with Crippen LogP contribution in [0.4, 0.5) is 0 Å². The van der Waals surface area contributed by atoms with E-state index in [0.717, 1.165) is 5.57 Å². The Balaban J connectivity index is 4.35. The monoisotopic (exact) mass is 133 g/mol. The molecular weight excluding hydrogens is 122 g/mol. The predicted molar refractivity (Wildman–Crippen MR) is 45.9 cm³/mol. The molecule has 0 unspecified atom stereocenters. The van der Waals surface area contributed by atoms with Crippen LogP contribution in [0.2, 0.25) is 0 Å². The van der Waals surface area contributed by atoms with Crippen molar-refractivity contribution in [2.45, 2.75) is 13.8 Å². The highest BCUT2D eigenvalue weighted by molar-refractivity contribution is 5.39. The van der Waals surface area contributed by atoms with Gasteiger partial charge in [-0.2, -0.15) is 0 Å². The zero-order valence-electron chi connectivity index (χ0n) is 6.39. The predicted octanol–water partition coefficient (Wildman–Crippen LogP) is 2.17. The summed E-state index contributed by atoms with van der Waals surface area (Å²) in [6.45, 7) is 7.07. The van der Waals surface area contributed by atoms with Crippen LogP contribution in [-0.2, 0) is 0 Å². The average Bonchev–Trinajstić information content (AvgIpc) is 1.90. The van der Waals surface area contributed by atoms with Gasteiger partial charge in [0.25, 0.3) is 0 Å². The summed E-state index contributed by atoms with van der Waals surface area (Å²) in [5.41, 5.74) is 0.889. The van der Waals surface area contributed by atoms with Crippen molar-refractivity contribution in [2.24, 2.45) is 4.99 Å². The van der Waals surface area contributed by atoms with Crippen LogP contribution in [0.5, 0.6) is 0 Å². The van der Waals surface area contributed by atoms with Crippen LogP contribution < -0.4 is 0 Å². The highest BCUT2D eigenvalue weighted by Crippen LogP contribution is 1.93. The quantitative estimate of drug-likeness (QED) is 0.311. The topological polar surface area (TPSA) is 12.4 Å². The van der Waals surface area contributed by atoms with Crippen LogP contribution in [0.1, 0.15) is 13.8 Å². The Bertz CT molecular complexity index is 211. The standard InChI is InChI=1S/C9H11N/c1-4-6-9(7-5-2)8-10-3/h4,6,8H,3H2,1-2H3/b6-4-,9-8+. The molecule has 0 aromatic heterocycles. The summed E-state index contributed by atoms with van der Waals surface area (Å²) in [5.74, 6) is 5.66. The molecule has 1 nitrogen and oxygen atoms in total. The molecule has 0 bridgehead atoms. The first-order valence-electron chi connectivity index (χ1n) is 3.06. The summed E-state index contributed by atoms with van der Waals surface area (Å²) in [6, 6.07) is 0. The summed E-state index contributed by atoms with van der Waals surface area (Å²) in [7, 11) is 0. The molecule has 0 aliphatic rings. The van der Waals surface area contributed by atoms with E-state index in [1.54, 1.807) is 13.1 Å². The van der Waals surface area contributed by atoms with Crippen molar-refractivity contribution >= 4 is 6.72 Å². The number of aliphatic imine (C=N–C) groups is 1. The van der Waals surface area contributed by atoms with Gasteiger partial charge >= 0.3 is 0 Å². The molecule has 0 fully saturated rings. The van der Waals surface area contributed by atoms with E-state index in [1.807, 2.05) is 19.1 Å². The maximum atomic E-state index is 3.61. The maximum absolute atomic E-state index is 3.61. The molecular formula is C9H11N. The Labute approximate surface area is 62.2 Å². The second-order valence-electron chi connectivity index (χ2n) is 1.64. The third-order valence-electron chi connectivity index (χ3n) is 0.846. The first kappa shape index (κ1) is 8.71. The van der Waals surface area contributed by atoms with Crippen molar-refractivity contribution in [1.29, 1.82) is 0 Å². The Morgan fingerprint density at radius 1 is 1.60 bits per heavy atom. The normalized spacial score (nSPS) is 10.8. The minimum atomic E-state index is 0.889. The lowest BCUT2D eigenvalue weighted by molar-refractivity contribution is 1.54. The lowest BCUT2D eigenvalue weighted by Crippen LogP contribution is -1.68. The van der Waals surface area contributed by atoms with Crippen LogP contribution in [0.3, 0.4) is 0 Å². The molecule has 0 atom stereocenters. The Morgan fingerprint density at radius 2 is 2.30 bits per heavy atom. The molecule has 0 aromatic carbocycles. The van der Waals surface area contributed by atoms with Crippen molar-refractivity contribution in [3.8, 4) is 11.8 Å². The minimum absolute atomic E-state index is 0.889. The van der Waals surface area contributed by atoms with E-state index in [0.29, 0.717) is 0 Å². The number of nitrogens with zero attached hydrogens (tertiary/aromatic N) is 1. The number of rotatable bonds is 2. The van der Waals surface area contributed by atoms with Crippen molar-refractivity contribution in [3.05, 3.63) is 23.9 Å². The molecule has 0 aliphatic heterocycles. The minimum Gasteiger partial charge on any atom is -0.271 e. The van der Waals surface area contributed by atoms with Gasteiger partial charge in [0.2, 0.25) is 0 Å². The Kier molecular flexibility index (Phi) is 5.09. The first-order chi connectivity index (χ1) is 4.85. The molecule has 0 aliphatic carbocycles. The molecule has 52 valence electrons. The van der Waals surface area contributed by atoms with Gasteiger partial charge in [0, 0.05) is 11.8 Å². The lowest BCUT2D eigenvalue weighted by atomic mass is 10.3. The molecule has 0 saturated carbocycles. The van der Waals surface area contributed by atoms with Crippen molar-refractivity contribution in [1.82, 2.24) is 0 Å². The first-order valence-corrected chi connectivity index (χ1v) is 3.06. The van der Waals surface area contributed by atoms with Crippen molar-refractivity contribution < 1.29 is 0 Å². The molecule has 0 spiro atoms. The summed E-state index contributed by atoms with van der Waals surface area (Å²) in [4.78, 5) is 3.61. The maximum Gasteiger partial charge on any atom is 0.0424 e. The van der Waals surface area contributed by atoms with Gasteiger partial charge in [-0.25, -0.2) is 0 Å². The van der Waals surface area contributed by atoms with Gasteiger partial charge in [0.05, 0.1) is 0 Å². The van der Waals surface area contributed by atoms with Gasteiger partial charge in [0.1, 0.15) is 0 Å². The highest BCUT2D eigenvalue weighted by atomic mass is 14.6. The van der Waals surface area contributed by atoms with E-state index >= 15 is 0 Å². The van der Waals surface area contributed by atoms with Gasteiger partial charge in [-0.1, -0.05) is 12.0 Å². The largest absolute Gasteiger partial charge is 0.271 e. The fourth-order valence-corrected chi connectivity index (χ4v) is 0.539. The van der Waals surface area contributed by atoms with Crippen LogP contribution in [0, 0.1) is 11.8 Å². The van der Waals surface area contributed by atoms with E-state index in [2.05, 4.69) is 23.6 Å². The van der Waals surface area contributed by atoms with Gasteiger partial charge in [-0.05, 0) is 26.6 Å². The molecule has 0 radical (unpaired) electrons. The molecule has 0 rings (SSSR count). The molecule has 10 heavy (non-hydrogen) atoms. The van der Waals surface area contributed by atoms with E-state index in [9.17, 15) is 0 Å². The number of allylic oxidation sites excluding steroid dienone is 3. The van der Waals surface area contributed by atoms with Crippen LogP contribution >= 0.6 is 0 Å². The average molecular weight is 133 g/mol. The van der Waals surface area contributed by atoms with Crippen LogP contribution in [0.15, 0.2) is 28.9 Å². The smallest absolute Gasteiger partial charge is 0.0424 e. The van der Waals surface area contributed by atoms with Crippen LogP contribution in [-0.4, -0.2) is 6.72 Å². The molecule has 0 N–H and O–H groups in total. The SMILES string of the molecule is C=N/C=C(C#CC)\C=C/C. The van der Waals surface area contributed by atoms with Gasteiger partial charge < -0.3 is 0 Å². The van der Waals surface area contributed by atoms with Gasteiger partial charge in [0.15, 0.2) is 0 Å². The molecule has 1 heteroatoms. The van der Waals surface area contributed by atoms with Gasteiger partial charge in [-0.15, -0.1) is 5.92 Å². The summed E-state index contributed by atoms with van der Waals surface area (Å²) >= 11 is 0. The second-order valence-corrected chi connectivity index (χ2v) is 1.64. The third-order valence-corrected chi connectivity index (χ3v) is 0.846. The molecule has 0 aromatic rings. The molecule has 0 heterocycles. The van der Waals surface area contributed by atoms with Gasteiger partial charge in [-0.3, -0.25) is 4.99 Å².